The number of aromatic nitrogens is 3. The van der Waals surface area contributed by atoms with E-state index in [-0.39, 0.29) is 0 Å². The molecule has 1 aromatic carbocycles. The molecule has 15 heavy (non-hydrogen) atoms. The monoisotopic (exact) mass is 265 g/mol. The zero-order chi connectivity index (χ0) is 10.8. The number of halogens is 1. The Bertz CT molecular complexity index is 462. The molecule has 0 aliphatic carbocycles. The maximum absolute atomic E-state index is 5.84. The van der Waals surface area contributed by atoms with Gasteiger partial charge in [0.05, 0.1) is 5.56 Å². The summed E-state index contributed by atoms with van der Waals surface area (Å²) in [7, 11) is 0. The summed E-state index contributed by atoms with van der Waals surface area (Å²) in [4.78, 5) is 11.8. The van der Waals surface area contributed by atoms with Crippen LogP contribution in [-0.2, 0) is 0 Å². The normalized spacial score (nSPS) is 10.2. The number of nitrogens with two attached hydrogens (primary N) is 2. The van der Waals surface area contributed by atoms with Crippen LogP contribution in [-0.4, -0.2) is 15.0 Å². The minimum Gasteiger partial charge on any atom is -0.399 e. The van der Waals surface area contributed by atoms with E-state index in [0.717, 1.165) is 10.0 Å². The molecule has 76 valence electrons. The lowest BCUT2D eigenvalue weighted by Crippen LogP contribution is -1.98. The molecular weight excluding hydrogens is 258 g/mol. The van der Waals surface area contributed by atoms with Crippen LogP contribution in [0.4, 0.5) is 11.4 Å². The number of nitrogens with zero attached hydrogens (tertiary/aromatic N) is 3. The van der Waals surface area contributed by atoms with Crippen molar-refractivity contribution in [3.63, 3.8) is 0 Å². The molecule has 2 aromatic rings. The molecule has 5 nitrogen and oxygen atoms in total. The van der Waals surface area contributed by atoms with Crippen LogP contribution in [0.2, 0.25) is 0 Å². The molecule has 2 rings (SSSR count). The largest absolute Gasteiger partial charge is 0.399 e. The van der Waals surface area contributed by atoms with Crippen LogP contribution in [0.25, 0.3) is 11.4 Å². The van der Waals surface area contributed by atoms with Gasteiger partial charge < -0.3 is 11.5 Å². The number of benzene rings is 1. The Balaban J connectivity index is 2.64. The molecule has 0 unspecified atom stereocenters. The molecule has 4 N–H and O–H groups in total. The van der Waals surface area contributed by atoms with Gasteiger partial charge in [-0.1, -0.05) is 0 Å². The van der Waals surface area contributed by atoms with Crippen LogP contribution in [0.3, 0.4) is 0 Å². The minimum absolute atomic E-state index is 0.523. The van der Waals surface area contributed by atoms with Gasteiger partial charge in [0.25, 0.3) is 0 Å². The Labute approximate surface area is 94.7 Å². The molecule has 0 amide bonds. The van der Waals surface area contributed by atoms with Gasteiger partial charge >= 0.3 is 0 Å². The molecule has 0 bridgehead atoms. The summed E-state index contributed by atoms with van der Waals surface area (Å²) in [6, 6.07) is 3.43. The summed E-state index contributed by atoms with van der Waals surface area (Å²) < 4.78 is 0.770. The van der Waals surface area contributed by atoms with Crippen LogP contribution < -0.4 is 11.5 Å². The van der Waals surface area contributed by atoms with Crippen molar-refractivity contribution >= 4 is 27.3 Å². The molecule has 6 heteroatoms. The Morgan fingerprint density at radius 2 is 1.73 bits per heavy atom. The summed E-state index contributed by atoms with van der Waals surface area (Å²) in [5.74, 6) is 0.523. The first-order valence-corrected chi connectivity index (χ1v) is 4.94. The Hall–Kier alpha value is -1.69. The number of rotatable bonds is 1. The van der Waals surface area contributed by atoms with E-state index < -0.39 is 0 Å². The number of hydrogen-bond donors (Lipinski definition) is 2. The first-order chi connectivity index (χ1) is 7.18. The molecule has 1 aromatic heterocycles. The first kappa shape index (κ1) is 9.85. The fourth-order valence-corrected chi connectivity index (χ4v) is 1.92. The second-order valence-electron chi connectivity index (χ2n) is 2.93. The third-order valence-corrected chi connectivity index (χ3v) is 2.49. The van der Waals surface area contributed by atoms with Gasteiger partial charge in [-0.25, -0.2) is 15.0 Å². The lowest BCUT2D eigenvalue weighted by molar-refractivity contribution is 1.06. The maximum atomic E-state index is 5.84. The third-order valence-electron chi connectivity index (χ3n) is 1.86. The van der Waals surface area contributed by atoms with Gasteiger partial charge in [-0.3, -0.25) is 0 Å². The smallest absolute Gasteiger partial charge is 0.165 e. The van der Waals surface area contributed by atoms with Crippen molar-refractivity contribution < 1.29 is 0 Å². The van der Waals surface area contributed by atoms with Gasteiger partial charge in [0.15, 0.2) is 5.82 Å². The molecule has 0 aliphatic rings. The molecular formula is C9H8BrN5. The average Bonchev–Trinajstić information content (AvgIpc) is 2.17. The number of anilines is 2. The van der Waals surface area contributed by atoms with E-state index in [0.29, 0.717) is 17.2 Å². The van der Waals surface area contributed by atoms with Gasteiger partial charge in [-0.2, -0.15) is 0 Å². The van der Waals surface area contributed by atoms with Crippen LogP contribution in [0.15, 0.2) is 29.3 Å². The van der Waals surface area contributed by atoms with E-state index in [9.17, 15) is 0 Å². The molecule has 0 saturated heterocycles. The van der Waals surface area contributed by atoms with Crippen molar-refractivity contribution in [3.05, 3.63) is 29.3 Å². The van der Waals surface area contributed by atoms with E-state index in [1.54, 1.807) is 12.1 Å². The van der Waals surface area contributed by atoms with Crippen molar-refractivity contribution in [2.45, 2.75) is 0 Å². The van der Waals surface area contributed by atoms with Crippen LogP contribution >= 0.6 is 15.9 Å². The van der Waals surface area contributed by atoms with E-state index in [1.165, 1.54) is 12.7 Å². The van der Waals surface area contributed by atoms with Gasteiger partial charge in [0.2, 0.25) is 0 Å². The fraction of sp³-hybridized carbons (Fsp3) is 0. The zero-order valence-electron chi connectivity index (χ0n) is 7.68. The van der Waals surface area contributed by atoms with Crippen LogP contribution in [0.5, 0.6) is 0 Å². The van der Waals surface area contributed by atoms with Gasteiger partial charge in [-0.15, -0.1) is 0 Å². The first-order valence-electron chi connectivity index (χ1n) is 4.15. The Kier molecular flexibility index (Phi) is 2.51. The lowest BCUT2D eigenvalue weighted by Gasteiger charge is -2.07. The van der Waals surface area contributed by atoms with Gasteiger partial charge in [0.1, 0.15) is 12.7 Å². The van der Waals surface area contributed by atoms with E-state index in [4.69, 9.17) is 11.5 Å². The quantitative estimate of drug-likeness (QED) is 0.762. The summed E-state index contributed by atoms with van der Waals surface area (Å²) >= 11 is 3.37. The van der Waals surface area contributed by atoms with E-state index in [1.807, 2.05) is 0 Å². The number of nitrogen functional groups attached to an aromatic ring is 2. The molecule has 0 saturated carbocycles. The molecule has 0 aliphatic heterocycles. The van der Waals surface area contributed by atoms with Gasteiger partial charge in [0, 0.05) is 15.8 Å². The van der Waals surface area contributed by atoms with E-state index in [2.05, 4.69) is 30.9 Å². The zero-order valence-corrected chi connectivity index (χ0v) is 9.27. The summed E-state index contributed by atoms with van der Waals surface area (Å²) in [5.41, 5.74) is 13.3. The van der Waals surface area contributed by atoms with Crippen molar-refractivity contribution in [1.82, 2.24) is 15.0 Å². The molecule has 0 atom stereocenters. The number of hydrogen-bond acceptors (Lipinski definition) is 5. The molecule has 0 fully saturated rings. The predicted octanol–water partition coefficient (Wildman–Crippen LogP) is 1.47. The maximum Gasteiger partial charge on any atom is 0.165 e. The Morgan fingerprint density at radius 3 is 2.33 bits per heavy atom. The highest BCUT2D eigenvalue weighted by Gasteiger charge is 2.10. The fourth-order valence-electron chi connectivity index (χ4n) is 1.25. The Morgan fingerprint density at radius 1 is 1.07 bits per heavy atom. The molecule has 1 heterocycles. The molecule has 0 spiro atoms. The highest BCUT2D eigenvalue weighted by Crippen LogP contribution is 2.32. The van der Waals surface area contributed by atoms with Crippen LogP contribution in [0.1, 0.15) is 0 Å². The van der Waals surface area contributed by atoms with Crippen molar-refractivity contribution in [2.75, 3.05) is 11.5 Å². The second-order valence-corrected chi connectivity index (χ2v) is 3.78. The molecule has 0 radical (unpaired) electrons. The van der Waals surface area contributed by atoms with E-state index >= 15 is 0 Å². The van der Waals surface area contributed by atoms with Crippen LogP contribution in [0, 0.1) is 0 Å². The highest BCUT2D eigenvalue weighted by atomic mass is 79.9. The summed E-state index contributed by atoms with van der Waals surface area (Å²) in [5, 5.41) is 0. The standard InChI is InChI=1S/C9H8BrN5/c10-6-1-5(11)2-7(12)8(6)9-14-3-13-4-15-9/h1-4H,11-12H2. The summed E-state index contributed by atoms with van der Waals surface area (Å²) in [6.07, 6.45) is 2.84. The lowest BCUT2D eigenvalue weighted by atomic mass is 10.1. The average molecular weight is 266 g/mol. The SMILES string of the molecule is Nc1cc(N)c(-c2ncncn2)c(Br)c1. The van der Waals surface area contributed by atoms with Crippen molar-refractivity contribution in [2.24, 2.45) is 0 Å². The van der Waals surface area contributed by atoms with Gasteiger partial charge in [-0.05, 0) is 28.1 Å². The minimum atomic E-state index is 0.523. The van der Waals surface area contributed by atoms with Crippen molar-refractivity contribution in [1.29, 1.82) is 0 Å². The van der Waals surface area contributed by atoms with Crippen molar-refractivity contribution in [3.8, 4) is 11.4 Å². The highest BCUT2D eigenvalue weighted by molar-refractivity contribution is 9.10. The summed E-state index contributed by atoms with van der Waals surface area (Å²) in [6.45, 7) is 0. The predicted molar refractivity (Wildman–Crippen MR) is 61.8 cm³/mol. The topological polar surface area (TPSA) is 90.7 Å². The third kappa shape index (κ3) is 1.89. The second kappa shape index (κ2) is 3.82.